The van der Waals surface area contributed by atoms with Crippen molar-refractivity contribution in [1.82, 2.24) is 9.80 Å². The molecule has 3 aromatic carbocycles. The van der Waals surface area contributed by atoms with Crippen LogP contribution < -0.4 is 29.6 Å². The summed E-state index contributed by atoms with van der Waals surface area (Å²) in [4.78, 5) is 31.2. The van der Waals surface area contributed by atoms with E-state index in [0.717, 1.165) is 36.3 Å². The molecule has 0 aromatic heterocycles. The van der Waals surface area contributed by atoms with Crippen LogP contribution in [-0.4, -0.2) is 92.3 Å². The van der Waals surface area contributed by atoms with Crippen LogP contribution in [-0.2, 0) is 11.3 Å². The summed E-state index contributed by atoms with van der Waals surface area (Å²) >= 11 is 0. The minimum atomic E-state index is -0.481. The quantitative estimate of drug-likeness (QED) is 0.248. The van der Waals surface area contributed by atoms with Crippen molar-refractivity contribution in [2.24, 2.45) is 5.92 Å². The number of amides is 3. The molecule has 3 aromatic rings. The number of ether oxygens (including phenoxy) is 5. The molecule has 0 saturated heterocycles. The van der Waals surface area contributed by atoms with E-state index in [2.05, 4.69) is 29.5 Å². The number of carbonyl (C=O) groups is 2. The summed E-state index contributed by atoms with van der Waals surface area (Å²) in [6.07, 6.45) is 2.21. The van der Waals surface area contributed by atoms with Crippen LogP contribution >= 0.6 is 0 Å². The van der Waals surface area contributed by atoms with Crippen LogP contribution in [0.15, 0.2) is 60.7 Å². The molecule has 50 heavy (non-hydrogen) atoms. The number of urea groups is 1. The summed E-state index contributed by atoms with van der Waals surface area (Å²) in [6, 6.07) is 17.1. The molecule has 0 aliphatic carbocycles. The van der Waals surface area contributed by atoms with Gasteiger partial charge >= 0.3 is 6.03 Å². The number of benzene rings is 3. The SMILES string of the molecule is COc1ccc(NC(=O)Nc2ccc3c(c2)C(=O)N([C@@H](C)CO)C[C@H](C)[C@@H](CN(C)Cc2ccc4c(c2)OCO4)OCCCC[C@H](C)O3)cc1. The third-order valence-electron chi connectivity index (χ3n) is 9.04. The highest BCUT2D eigenvalue weighted by atomic mass is 16.7. The smallest absolute Gasteiger partial charge is 0.323 e. The van der Waals surface area contributed by atoms with E-state index >= 15 is 0 Å². The van der Waals surface area contributed by atoms with E-state index < -0.39 is 12.1 Å². The van der Waals surface area contributed by atoms with E-state index in [9.17, 15) is 14.7 Å². The number of nitrogens with zero attached hydrogens (tertiary/aromatic N) is 2. The normalized spacial score (nSPS) is 20.3. The molecular weight excluding hydrogens is 640 g/mol. The van der Waals surface area contributed by atoms with E-state index in [1.165, 1.54) is 0 Å². The van der Waals surface area contributed by atoms with Crippen molar-refractivity contribution in [2.45, 2.75) is 64.8 Å². The average Bonchev–Trinajstić information content (AvgIpc) is 3.58. The van der Waals surface area contributed by atoms with Crippen molar-refractivity contribution in [3.63, 3.8) is 0 Å². The summed E-state index contributed by atoms with van der Waals surface area (Å²) in [5, 5.41) is 15.9. The highest BCUT2D eigenvalue weighted by Gasteiger charge is 2.30. The lowest BCUT2D eigenvalue weighted by Gasteiger charge is -2.36. The second-order valence-corrected chi connectivity index (χ2v) is 13.2. The summed E-state index contributed by atoms with van der Waals surface area (Å²) in [5.41, 5.74) is 2.42. The highest BCUT2D eigenvalue weighted by molar-refractivity contribution is 6.02. The zero-order valence-electron chi connectivity index (χ0n) is 29.6. The summed E-state index contributed by atoms with van der Waals surface area (Å²) in [6.45, 7) is 8.15. The predicted octanol–water partition coefficient (Wildman–Crippen LogP) is 6.00. The van der Waals surface area contributed by atoms with Crippen LogP contribution in [0.2, 0.25) is 0 Å². The van der Waals surface area contributed by atoms with E-state index in [1.54, 1.807) is 54.5 Å². The molecule has 0 spiro atoms. The first-order valence-corrected chi connectivity index (χ1v) is 17.3. The number of nitrogens with one attached hydrogen (secondary N) is 2. The minimum absolute atomic E-state index is 0.0741. The second kappa shape index (κ2) is 17.4. The number of methoxy groups -OCH3 is 1. The fourth-order valence-corrected chi connectivity index (χ4v) is 6.15. The molecule has 2 aliphatic heterocycles. The highest BCUT2D eigenvalue weighted by Crippen LogP contribution is 2.33. The molecule has 270 valence electrons. The van der Waals surface area contributed by atoms with Gasteiger partial charge in [-0.05, 0) is 100 Å². The van der Waals surface area contributed by atoms with Crippen LogP contribution in [0.25, 0.3) is 0 Å². The van der Waals surface area contributed by atoms with Crippen molar-refractivity contribution in [3.8, 4) is 23.0 Å². The molecule has 0 radical (unpaired) electrons. The number of rotatable bonds is 9. The van der Waals surface area contributed by atoms with Gasteiger partial charge in [-0.25, -0.2) is 4.79 Å². The zero-order chi connectivity index (χ0) is 35.6. The molecule has 4 atom stereocenters. The largest absolute Gasteiger partial charge is 0.497 e. The van der Waals surface area contributed by atoms with Gasteiger partial charge in [0.2, 0.25) is 6.79 Å². The van der Waals surface area contributed by atoms with Crippen molar-refractivity contribution in [3.05, 3.63) is 71.8 Å². The Morgan fingerprint density at radius 2 is 1.72 bits per heavy atom. The maximum absolute atomic E-state index is 14.4. The summed E-state index contributed by atoms with van der Waals surface area (Å²) in [5.74, 6) is 2.24. The second-order valence-electron chi connectivity index (χ2n) is 13.2. The molecule has 3 amide bonds. The van der Waals surface area contributed by atoms with Crippen molar-refractivity contribution < 1.29 is 38.4 Å². The summed E-state index contributed by atoms with van der Waals surface area (Å²) < 4.78 is 29.1. The maximum atomic E-state index is 14.4. The third kappa shape index (κ3) is 9.80. The van der Waals surface area contributed by atoms with Gasteiger partial charge in [0.25, 0.3) is 5.91 Å². The van der Waals surface area contributed by atoms with Gasteiger partial charge < -0.3 is 44.3 Å². The Labute approximate surface area is 294 Å². The topological polar surface area (TPSA) is 131 Å². The Morgan fingerprint density at radius 3 is 2.48 bits per heavy atom. The molecule has 2 aliphatic rings. The fraction of sp³-hybridized carbons (Fsp3) is 0.474. The van der Waals surface area contributed by atoms with E-state index in [-0.39, 0.29) is 37.4 Å². The Kier molecular flexibility index (Phi) is 12.8. The molecular formula is C38H50N4O8. The van der Waals surface area contributed by atoms with Gasteiger partial charge in [-0.2, -0.15) is 0 Å². The van der Waals surface area contributed by atoms with Gasteiger partial charge in [-0.15, -0.1) is 0 Å². The van der Waals surface area contributed by atoms with E-state index in [1.807, 2.05) is 32.0 Å². The number of aliphatic hydroxyl groups excluding tert-OH is 1. The third-order valence-corrected chi connectivity index (χ3v) is 9.04. The zero-order valence-corrected chi connectivity index (χ0v) is 29.6. The van der Waals surface area contributed by atoms with Crippen molar-refractivity contribution in [2.75, 3.05) is 57.9 Å². The number of hydrogen-bond donors (Lipinski definition) is 3. The molecule has 2 heterocycles. The number of aliphatic hydroxyl groups is 1. The van der Waals surface area contributed by atoms with Crippen molar-refractivity contribution in [1.29, 1.82) is 0 Å². The number of fused-ring (bicyclic) bond motifs is 2. The predicted molar refractivity (Wildman–Crippen MR) is 191 cm³/mol. The Morgan fingerprint density at radius 1 is 1.00 bits per heavy atom. The average molecular weight is 691 g/mol. The van der Waals surface area contributed by atoms with Crippen molar-refractivity contribution >= 4 is 23.3 Å². The van der Waals surface area contributed by atoms with Crippen LogP contribution in [0.5, 0.6) is 23.0 Å². The number of anilines is 2. The van der Waals surface area contributed by atoms with Gasteiger partial charge in [-0.1, -0.05) is 13.0 Å². The Balaban J connectivity index is 1.35. The Hall–Kier alpha value is -4.52. The monoisotopic (exact) mass is 690 g/mol. The standard InChI is InChI=1S/C38H50N4O8/c1-25-20-42(26(2)23-43)37(44)32-19-30(40-38(45)39-29-10-13-31(46-5)14-11-29)12-16-33(32)50-27(3)8-6-7-17-47-36(25)22-41(4)21-28-9-15-34-35(18-28)49-24-48-34/h9-16,18-19,25-27,36,43H,6-8,17,20-24H2,1-5H3,(H2,39,40,45)/t25-,26-,27-,36+/m0/s1. The van der Waals surface area contributed by atoms with Gasteiger partial charge in [0.1, 0.15) is 11.5 Å². The van der Waals surface area contributed by atoms with Crippen LogP contribution in [0.1, 0.15) is 56.0 Å². The van der Waals surface area contributed by atoms with Gasteiger partial charge in [0.05, 0.1) is 37.5 Å². The molecule has 5 rings (SSSR count). The first-order chi connectivity index (χ1) is 24.1. The molecule has 0 bridgehead atoms. The molecule has 0 fully saturated rings. The first kappa shape index (κ1) is 36.8. The Bertz CT molecular complexity index is 1590. The van der Waals surface area contributed by atoms with E-state index in [4.69, 9.17) is 23.7 Å². The first-order valence-electron chi connectivity index (χ1n) is 17.3. The molecule has 3 N–H and O–H groups in total. The lowest BCUT2D eigenvalue weighted by molar-refractivity contribution is -0.0177. The molecule has 0 unspecified atom stereocenters. The lowest BCUT2D eigenvalue weighted by atomic mass is 10.0. The molecule has 12 nitrogen and oxygen atoms in total. The van der Waals surface area contributed by atoms with Gasteiger partial charge in [0.15, 0.2) is 11.5 Å². The van der Waals surface area contributed by atoms with Crippen LogP contribution in [0.4, 0.5) is 16.2 Å². The maximum Gasteiger partial charge on any atom is 0.323 e. The number of carbonyl (C=O) groups excluding carboxylic acids is 2. The van der Waals surface area contributed by atoms with E-state index in [0.29, 0.717) is 54.7 Å². The fourth-order valence-electron chi connectivity index (χ4n) is 6.15. The minimum Gasteiger partial charge on any atom is -0.497 e. The van der Waals surface area contributed by atoms with Crippen LogP contribution in [0, 0.1) is 5.92 Å². The van der Waals surface area contributed by atoms with Gasteiger partial charge in [-0.3, -0.25) is 9.69 Å². The van der Waals surface area contributed by atoms with Crippen LogP contribution in [0.3, 0.4) is 0 Å². The lowest BCUT2D eigenvalue weighted by Crippen LogP contribution is -2.47. The van der Waals surface area contributed by atoms with Gasteiger partial charge in [0, 0.05) is 43.5 Å². The number of hydrogen-bond acceptors (Lipinski definition) is 9. The molecule has 12 heteroatoms. The number of likely N-dealkylation sites (N-methyl/N-ethyl adjacent to an activating group) is 1. The molecule has 0 saturated carbocycles. The summed E-state index contributed by atoms with van der Waals surface area (Å²) in [7, 11) is 3.63.